The predicted molar refractivity (Wildman–Crippen MR) is 83.9 cm³/mol. The van der Waals surface area contributed by atoms with E-state index in [4.69, 9.17) is 0 Å². The molecule has 0 saturated heterocycles. The highest BCUT2D eigenvalue weighted by atomic mass is 15.3. The number of likely N-dealkylation sites (N-methyl/N-ethyl adjacent to an activating group) is 1. The molecule has 3 nitrogen and oxygen atoms in total. The summed E-state index contributed by atoms with van der Waals surface area (Å²) in [7, 11) is 2.04. The lowest BCUT2D eigenvalue weighted by molar-refractivity contribution is 0.507. The minimum absolute atomic E-state index is 0.320. The molecule has 1 aromatic carbocycles. The summed E-state index contributed by atoms with van der Waals surface area (Å²) in [5.74, 6) is 0. The number of aromatic nitrogens is 2. The summed E-state index contributed by atoms with van der Waals surface area (Å²) in [6, 6.07) is 11.3. The lowest BCUT2D eigenvalue weighted by atomic mass is 10.0. The van der Waals surface area contributed by atoms with Gasteiger partial charge in [0.1, 0.15) is 0 Å². The molecule has 0 spiro atoms. The minimum atomic E-state index is 0.320. The van der Waals surface area contributed by atoms with Crippen LogP contribution in [0.4, 0.5) is 0 Å². The summed E-state index contributed by atoms with van der Waals surface area (Å²) in [5.41, 5.74) is 5.10. The highest BCUT2D eigenvalue weighted by molar-refractivity contribution is 5.24. The third-order valence-corrected chi connectivity index (χ3v) is 3.70. The Kier molecular flexibility index (Phi) is 4.96. The van der Waals surface area contributed by atoms with Crippen molar-refractivity contribution in [2.45, 2.75) is 39.7 Å². The highest BCUT2D eigenvalue weighted by Gasteiger charge is 2.16. The Morgan fingerprint density at radius 2 is 1.90 bits per heavy atom. The lowest BCUT2D eigenvalue weighted by Crippen LogP contribution is -2.25. The molecule has 1 heterocycles. The van der Waals surface area contributed by atoms with Crippen molar-refractivity contribution in [1.29, 1.82) is 0 Å². The molecule has 0 aliphatic heterocycles. The SMILES string of the molecule is CCNC(Cc1ccc(C)cc1)c1cc(CC)nn1C. The normalized spacial score (nSPS) is 12.6. The van der Waals surface area contributed by atoms with Gasteiger partial charge in [0.15, 0.2) is 0 Å². The van der Waals surface area contributed by atoms with E-state index in [0.29, 0.717) is 6.04 Å². The van der Waals surface area contributed by atoms with E-state index in [1.54, 1.807) is 0 Å². The fraction of sp³-hybridized carbons (Fsp3) is 0.471. The van der Waals surface area contributed by atoms with Crippen LogP contribution in [0.3, 0.4) is 0 Å². The number of aryl methyl sites for hydroxylation is 3. The number of hydrogen-bond acceptors (Lipinski definition) is 2. The fourth-order valence-corrected chi connectivity index (χ4v) is 2.53. The molecule has 108 valence electrons. The van der Waals surface area contributed by atoms with Crippen LogP contribution in [0, 0.1) is 6.92 Å². The summed E-state index contributed by atoms with van der Waals surface area (Å²) < 4.78 is 2.01. The summed E-state index contributed by atoms with van der Waals surface area (Å²) in [6.45, 7) is 7.39. The Labute approximate surface area is 122 Å². The second-order valence-corrected chi connectivity index (χ2v) is 5.34. The first-order valence-electron chi connectivity index (χ1n) is 7.45. The second kappa shape index (κ2) is 6.71. The van der Waals surface area contributed by atoms with Gasteiger partial charge in [0.05, 0.1) is 17.4 Å². The molecule has 0 fully saturated rings. The van der Waals surface area contributed by atoms with Crippen molar-refractivity contribution < 1.29 is 0 Å². The lowest BCUT2D eigenvalue weighted by Gasteiger charge is -2.18. The van der Waals surface area contributed by atoms with Crippen molar-refractivity contribution in [2.75, 3.05) is 6.54 Å². The standard InChI is InChI=1S/C17H25N3/c1-5-15-12-17(20(4)19-15)16(18-6-2)11-14-9-7-13(3)8-10-14/h7-10,12,16,18H,5-6,11H2,1-4H3. The van der Waals surface area contributed by atoms with E-state index in [1.807, 2.05) is 11.7 Å². The van der Waals surface area contributed by atoms with E-state index in [0.717, 1.165) is 25.1 Å². The molecule has 0 bridgehead atoms. The number of benzene rings is 1. The topological polar surface area (TPSA) is 29.9 Å². The molecule has 1 aromatic heterocycles. The van der Waals surface area contributed by atoms with Gasteiger partial charge in [-0.05, 0) is 37.9 Å². The molecule has 1 atom stereocenters. The molecule has 0 aliphatic carbocycles. The minimum Gasteiger partial charge on any atom is -0.309 e. The van der Waals surface area contributed by atoms with Gasteiger partial charge in [-0.15, -0.1) is 0 Å². The molecular weight excluding hydrogens is 246 g/mol. The van der Waals surface area contributed by atoms with Crippen LogP contribution in [0.15, 0.2) is 30.3 Å². The van der Waals surface area contributed by atoms with Crippen molar-refractivity contribution in [1.82, 2.24) is 15.1 Å². The van der Waals surface area contributed by atoms with Crippen LogP contribution >= 0.6 is 0 Å². The van der Waals surface area contributed by atoms with Crippen molar-refractivity contribution in [3.63, 3.8) is 0 Å². The Hall–Kier alpha value is -1.61. The molecule has 2 rings (SSSR count). The molecule has 20 heavy (non-hydrogen) atoms. The second-order valence-electron chi connectivity index (χ2n) is 5.34. The molecule has 0 saturated carbocycles. The van der Waals surface area contributed by atoms with E-state index in [-0.39, 0.29) is 0 Å². The van der Waals surface area contributed by atoms with Crippen LogP contribution in [0.1, 0.15) is 42.4 Å². The Balaban J connectivity index is 2.21. The van der Waals surface area contributed by atoms with Crippen molar-refractivity contribution in [3.05, 3.63) is 52.8 Å². The van der Waals surface area contributed by atoms with E-state index >= 15 is 0 Å². The molecule has 0 radical (unpaired) electrons. The smallest absolute Gasteiger partial charge is 0.0625 e. The zero-order valence-corrected chi connectivity index (χ0v) is 13.0. The van der Waals surface area contributed by atoms with Gasteiger partial charge in [-0.25, -0.2) is 0 Å². The van der Waals surface area contributed by atoms with Crippen molar-refractivity contribution in [3.8, 4) is 0 Å². The third-order valence-electron chi connectivity index (χ3n) is 3.70. The Bertz CT molecular complexity index is 540. The van der Waals surface area contributed by atoms with Gasteiger partial charge in [0.25, 0.3) is 0 Å². The van der Waals surface area contributed by atoms with E-state index < -0.39 is 0 Å². The number of nitrogens with zero attached hydrogens (tertiary/aromatic N) is 2. The largest absolute Gasteiger partial charge is 0.309 e. The molecule has 1 unspecified atom stereocenters. The van der Waals surface area contributed by atoms with E-state index in [9.17, 15) is 0 Å². The van der Waals surface area contributed by atoms with Crippen molar-refractivity contribution in [2.24, 2.45) is 7.05 Å². The third kappa shape index (κ3) is 3.48. The van der Waals surface area contributed by atoms with Crippen LogP contribution in [-0.4, -0.2) is 16.3 Å². The molecular formula is C17H25N3. The van der Waals surface area contributed by atoms with Gasteiger partial charge in [-0.1, -0.05) is 43.7 Å². The monoisotopic (exact) mass is 271 g/mol. The average molecular weight is 271 g/mol. The number of hydrogen-bond donors (Lipinski definition) is 1. The van der Waals surface area contributed by atoms with Crippen LogP contribution < -0.4 is 5.32 Å². The summed E-state index contributed by atoms with van der Waals surface area (Å²) in [5, 5.41) is 8.14. The van der Waals surface area contributed by atoms with E-state index in [1.165, 1.54) is 16.8 Å². The summed E-state index contributed by atoms with van der Waals surface area (Å²) in [4.78, 5) is 0. The maximum absolute atomic E-state index is 4.56. The van der Waals surface area contributed by atoms with Gasteiger partial charge in [0.2, 0.25) is 0 Å². The van der Waals surface area contributed by atoms with Crippen LogP contribution in [-0.2, 0) is 19.9 Å². The Morgan fingerprint density at radius 3 is 2.45 bits per heavy atom. The molecule has 2 aromatic rings. The number of rotatable bonds is 6. The maximum Gasteiger partial charge on any atom is 0.0625 e. The molecule has 0 aliphatic rings. The first-order valence-corrected chi connectivity index (χ1v) is 7.45. The first-order chi connectivity index (χ1) is 9.63. The van der Waals surface area contributed by atoms with Crippen molar-refractivity contribution >= 4 is 0 Å². The van der Waals surface area contributed by atoms with Gasteiger partial charge >= 0.3 is 0 Å². The fourth-order valence-electron chi connectivity index (χ4n) is 2.53. The van der Waals surface area contributed by atoms with Crippen LogP contribution in [0.25, 0.3) is 0 Å². The van der Waals surface area contributed by atoms with E-state index in [2.05, 4.69) is 61.5 Å². The highest BCUT2D eigenvalue weighted by Crippen LogP contribution is 2.19. The first kappa shape index (κ1) is 14.8. The van der Waals surface area contributed by atoms with Crippen LogP contribution in [0.5, 0.6) is 0 Å². The maximum atomic E-state index is 4.56. The molecule has 3 heteroatoms. The van der Waals surface area contributed by atoms with Gasteiger partial charge in [-0.3, -0.25) is 4.68 Å². The quantitative estimate of drug-likeness (QED) is 0.874. The predicted octanol–water partition coefficient (Wildman–Crippen LogP) is 3.18. The zero-order valence-electron chi connectivity index (χ0n) is 13.0. The average Bonchev–Trinajstić information content (AvgIpc) is 2.82. The number of nitrogens with one attached hydrogen (secondary N) is 1. The van der Waals surface area contributed by atoms with Gasteiger partial charge < -0.3 is 5.32 Å². The molecule has 0 amide bonds. The van der Waals surface area contributed by atoms with Gasteiger partial charge in [0, 0.05) is 7.05 Å². The van der Waals surface area contributed by atoms with Crippen LogP contribution in [0.2, 0.25) is 0 Å². The Morgan fingerprint density at radius 1 is 1.20 bits per heavy atom. The molecule has 1 N–H and O–H groups in total. The summed E-state index contributed by atoms with van der Waals surface area (Å²) in [6.07, 6.45) is 1.98. The zero-order chi connectivity index (χ0) is 14.5. The van der Waals surface area contributed by atoms with Gasteiger partial charge in [-0.2, -0.15) is 5.10 Å². The summed E-state index contributed by atoms with van der Waals surface area (Å²) >= 11 is 0.